The van der Waals surface area contributed by atoms with Gasteiger partial charge in [-0.1, -0.05) is 24.6 Å². The van der Waals surface area contributed by atoms with Crippen molar-refractivity contribution in [2.24, 2.45) is 0 Å². The molecule has 2 aromatic carbocycles. The molecule has 0 bridgehead atoms. The highest BCUT2D eigenvalue weighted by atomic mass is 32.2. The average Bonchev–Trinajstić information content (AvgIpc) is 2.87. The van der Waals surface area contributed by atoms with Gasteiger partial charge in [-0.25, -0.2) is 18.0 Å². The van der Waals surface area contributed by atoms with Crippen LogP contribution in [-0.4, -0.2) is 56.1 Å². The zero-order valence-corrected chi connectivity index (χ0v) is 22.1. The number of amides is 2. The minimum atomic E-state index is -4.18. The molecule has 1 unspecified atom stereocenters. The van der Waals surface area contributed by atoms with Crippen molar-refractivity contribution >= 4 is 33.4 Å². The van der Waals surface area contributed by atoms with E-state index in [0.717, 1.165) is 44.3 Å². The number of carboxylic acids is 1. The summed E-state index contributed by atoms with van der Waals surface area (Å²) in [5.74, 6) is -1.17. The van der Waals surface area contributed by atoms with Gasteiger partial charge in [0.1, 0.15) is 4.90 Å². The van der Waals surface area contributed by atoms with Gasteiger partial charge in [-0.05, 0) is 87.7 Å². The molecule has 1 heterocycles. The highest BCUT2D eigenvalue weighted by molar-refractivity contribution is 7.92. The minimum absolute atomic E-state index is 0.00742. The summed E-state index contributed by atoms with van der Waals surface area (Å²) >= 11 is 0. The standard InChI is InChI=1S/C27H36N4O5S/c1-19-9-6-7-17-31(19)18-8-16-28-27(34)29-22-12-4-5-13-24(22)37(35,36)30-23-15-14-20-10-2-3-11-21(20)25(23)26(32)33/h4-5,12-15,19,30H,2-3,6-11,16-18H2,1H3,(H,32,33)(H2,28,29,34). The zero-order chi connectivity index (χ0) is 26.4. The molecule has 2 aliphatic rings. The van der Waals surface area contributed by atoms with Crippen molar-refractivity contribution in [2.45, 2.75) is 69.2 Å². The summed E-state index contributed by atoms with van der Waals surface area (Å²) in [4.78, 5) is 26.9. The zero-order valence-electron chi connectivity index (χ0n) is 21.3. The molecule has 2 aromatic rings. The number of piperidine rings is 1. The molecule has 4 rings (SSSR count). The lowest BCUT2D eigenvalue weighted by atomic mass is 9.87. The lowest BCUT2D eigenvalue weighted by Crippen LogP contribution is -2.39. The predicted octanol–water partition coefficient (Wildman–Crippen LogP) is 4.45. The first kappa shape index (κ1) is 26.9. The lowest BCUT2D eigenvalue weighted by molar-refractivity contribution is 0.0696. The van der Waals surface area contributed by atoms with E-state index in [2.05, 4.69) is 27.2 Å². The number of urea groups is 1. The second kappa shape index (κ2) is 12.0. The monoisotopic (exact) mass is 528 g/mol. The van der Waals surface area contributed by atoms with Gasteiger partial charge in [-0.15, -0.1) is 0 Å². The van der Waals surface area contributed by atoms with E-state index in [1.807, 2.05) is 0 Å². The number of carboxylic acid groups (broad SMARTS) is 1. The van der Waals surface area contributed by atoms with Gasteiger partial charge in [0, 0.05) is 19.1 Å². The number of para-hydroxylation sites is 1. The van der Waals surface area contributed by atoms with Crippen LogP contribution in [0.15, 0.2) is 41.3 Å². The number of sulfonamides is 1. The smallest absolute Gasteiger partial charge is 0.338 e. The normalized spacial score (nSPS) is 18.0. The number of hydrogen-bond donors (Lipinski definition) is 4. The fraction of sp³-hybridized carbons (Fsp3) is 0.481. The van der Waals surface area contributed by atoms with E-state index in [4.69, 9.17) is 0 Å². The van der Waals surface area contributed by atoms with Crippen LogP contribution in [0.25, 0.3) is 0 Å². The number of carbonyl (C=O) groups is 2. The van der Waals surface area contributed by atoms with E-state index in [9.17, 15) is 23.1 Å². The topological polar surface area (TPSA) is 128 Å². The van der Waals surface area contributed by atoms with Crippen molar-refractivity contribution in [3.05, 3.63) is 53.1 Å². The molecule has 1 aliphatic heterocycles. The highest BCUT2D eigenvalue weighted by Gasteiger charge is 2.26. The van der Waals surface area contributed by atoms with Crippen molar-refractivity contribution in [1.82, 2.24) is 10.2 Å². The van der Waals surface area contributed by atoms with E-state index in [1.165, 1.54) is 37.5 Å². The van der Waals surface area contributed by atoms with Crippen molar-refractivity contribution < 1.29 is 23.1 Å². The van der Waals surface area contributed by atoms with E-state index < -0.39 is 22.0 Å². The van der Waals surface area contributed by atoms with Crippen LogP contribution in [0, 0.1) is 0 Å². The SMILES string of the molecule is CC1CCCCN1CCCNC(=O)Nc1ccccc1S(=O)(=O)Nc1ccc2c(c1C(=O)O)CCCC2. The molecule has 2 amide bonds. The van der Waals surface area contributed by atoms with Gasteiger partial charge in [0.05, 0.1) is 16.9 Å². The van der Waals surface area contributed by atoms with Gasteiger partial charge in [0.25, 0.3) is 10.0 Å². The van der Waals surface area contributed by atoms with Gasteiger partial charge < -0.3 is 20.6 Å². The Morgan fingerprint density at radius 2 is 1.81 bits per heavy atom. The molecule has 0 spiro atoms. The Bertz CT molecular complexity index is 1250. The predicted molar refractivity (Wildman–Crippen MR) is 144 cm³/mol. The first-order chi connectivity index (χ1) is 17.8. The second-order valence-corrected chi connectivity index (χ2v) is 11.5. The lowest BCUT2D eigenvalue weighted by Gasteiger charge is -2.33. The Kier molecular flexibility index (Phi) is 8.71. The minimum Gasteiger partial charge on any atom is -0.478 e. The molecule has 37 heavy (non-hydrogen) atoms. The van der Waals surface area contributed by atoms with Gasteiger partial charge in [-0.2, -0.15) is 0 Å². The van der Waals surface area contributed by atoms with E-state index >= 15 is 0 Å². The number of carbonyl (C=O) groups excluding carboxylic acids is 1. The van der Waals surface area contributed by atoms with Crippen LogP contribution < -0.4 is 15.4 Å². The van der Waals surface area contributed by atoms with Gasteiger partial charge in [0.2, 0.25) is 0 Å². The number of benzene rings is 2. The third kappa shape index (κ3) is 6.61. The fourth-order valence-electron chi connectivity index (χ4n) is 5.30. The van der Waals surface area contributed by atoms with Crippen molar-refractivity contribution in [1.29, 1.82) is 0 Å². The van der Waals surface area contributed by atoms with Gasteiger partial charge in [-0.3, -0.25) is 4.72 Å². The molecule has 4 N–H and O–H groups in total. The molecule has 1 atom stereocenters. The van der Waals surface area contributed by atoms with Crippen LogP contribution in [0.5, 0.6) is 0 Å². The number of hydrogen-bond acceptors (Lipinski definition) is 5. The van der Waals surface area contributed by atoms with Gasteiger partial charge in [0.15, 0.2) is 0 Å². The Labute approximate surface area is 218 Å². The number of nitrogens with one attached hydrogen (secondary N) is 3. The number of aromatic carboxylic acids is 1. The number of likely N-dealkylation sites (tertiary alicyclic amines) is 1. The molecule has 0 radical (unpaired) electrons. The summed E-state index contributed by atoms with van der Waals surface area (Å²) in [5, 5.41) is 15.3. The number of rotatable bonds is 9. The summed E-state index contributed by atoms with van der Waals surface area (Å²) in [5.41, 5.74) is 1.77. The summed E-state index contributed by atoms with van der Waals surface area (Å²) in [6, 6.07) is 9.45. The number of fused-ring (bicyclic) bond motifs is 1. The molecular formula is C27H36N4O5S. The number of aryl methyl sites for hydroxylation is 1. The van der Waals surface area contributed by atoms with Crippen LogP contribution in [0.2, 0.25) is 0 Å². The average molecular weight is 529 g/mol. The van der Waals surface area contributed by atoms with Crippen molar-refractivity contribution in [3.8, 4) is 0 Å². The van der Waals surface area contributed by atoms with Crippen LogP contribution in [0.1, 0.15) is 66.9 Å². The Hall–Kier alpha value is -3.11. The van der Waals surface area contributed by atoms with Crippen LogP contribution in [-0.2, 0) is 22.9 Å². The summed E-state index contributed by atoms with van der Waals surface area (Å²) in [6.45, 7) is 4.69. The van der Waals surface area contributed by atoms with Crippen LogP contribution >= 0.6 is 0 Å². The first-order valence-electron chi connectivity index (χ1n) is 13.0. The molecular weight excluding hydrogens is 492 g/mol. The van der Waals surface area contributed by atoms with E-state index in [1.54, 1.807) is 18.2 Å². The summed E-state index contributed by atoms with van der Waals surface area (Å²) in [7, 11) is -4.18. The molecule has 9 nitrogen and oxygen atoms in total. The molecule has 10 heteroatoms. The Balaban J connectivity index is 1.43. The van der Waals surface area contributed by atoms with Gasteiger partial charge >= 0.3 is 12.0 Å². The van der Waals surface area contributed by atoms with Crippen LogP contribution in [0.3, 0.4) is 0 Å². The second-order valence-electron chi connectivity index (χ2n) is 9.85. The third-order valence-electron chi connectivity index (χ3n) is 7.26. The van der Waals surface area contributed by atoms with Crippen LogP contribution in [0.4, 0.5) is 16.2 Å². The van der Waals surface area contributed by atoms with E-state index in [-0.39, 0.29) is 21.8 Å². The Morgan fingerprint density at radius 3 is 2.59 bits per heavy atom. The largest absolute Gasteiger partial charge is 0.478 e. The third-order valence-corrected chi connectivity index (χ3v) is 8.69. The molecule has 0 aromatic heterocycles. The number of anilines is 2. The summed E-state index contributed by atoms with van der Waals surface area (Å²) < 4.78 is 29.1. The fourth-order valence-corrected chi connectivity index (χ4v) is 6.54. The first-order valence-corrected chi connectivity index (χ1v) is 14.5. The maximum atomic E-state index is 13.3. The quantitative estimate of drug-likeness (QED) is 0.356. The maximum Gasteiger partial charge on any atom is 0.338 e. The Morgan fingerprint density at radius 1 is 1.03 bits per heavy atom. The number of nitrogens with zero attached hydrogens (tertiary/aromatic N) is 1. The molecule has 1 fully saturated rings. The molecule has 1 aliphatic carbocycles. The maximum absolute atomic E-state index is 13.3. The van der Waals surface area contributed by atoms with E-state index in [0.29, 0.717) is 24.6 Å². The highest BCUT2D eigenvalue weighted by Crippen LogP contribution is 2.32. The summed E-state index contributed by atoms with van der Waals surface area (Å²) in [6.07, 6.45) is 7.69. The molecule has 200 valence electrons. The van der Waals surface area contributed by atoms with Crippen molar-refractivity contribution in [3.63, 3.8) is 0 Å². The molecule has 1 saturated heterocycles. The van der Waals surface area contributed by atoms with Crippen molar-refractivity contribution in [2.75, 3.05) is 29.7 Å². The molecule has 0 saturated carbocycles.